The Morgan fingerprint density at radius 2 is 1.79 bits per heavy atom. The minimum Gasteiger partial charge on any atom is -0.504 e. The van der Waals surface area contributed by atoms with Crippen molar-refractivity contribution in [1.29, 1.82) is 0 Å². The molecule has 33 heavy (non-hydrogen) atoms. The van der Waals surface area contributed by atoms with E-state index in [-0.39, 0.29) is 18.1 Å². The highest BCUT2D eigenvalue weighted by molar-refractivity contribution is 6.10. The molecule has 0 atom stereocenters. The molecule has 4 rings (SSSR count). The summed E-state index contributed by atoms with van der Waals surface area (Å²) in [6, 6.07) is 18.9. The van der Waals surface area contributed by atoms with E-state index in [1.807, 2.05) is 68.5 Å². The van der Waals surface area contributed by atoms with E-state index < -0.39 is 0 Å². The Bertz CT molecular complexity index is 1290. The summed E-state index contributed by atoms with van der Waals surface area (Å²) in [5, 5.41) is 12.9. The van der Waals surface area contributed by atoms with Crippen molar-refractivity contribution in [2.24, 2.45) is 0 Å². The number of fused-ring (bicyclic) bond motifs is 1. The molecule has 2 N–H and O–H groups in total. The molecule has 0 spiro atoms. The summed E-state index contributed by atoms with van der Waals surface area (Å²) in [5.41, 5.74) is 7.82. The highest BCUT2D eigenvalue weighted by Crippen LogP contribution is 2.45. The lowest BCUT2D eigenvalue weighted by molar-refractivity contribution is -0.115. The van der Waals surface area contributed by atoms with Crippen molar-refractivity contribution < 1.29 is 19.4 Å². The lowest BCUT2D eigenvalue weighted by atomic mass is 10.00. The maximum atomic E-state index is 12.9. The van der Waals surface area contributed by atoms with Crippen LogP contribution in [0.4, 0.5) is 5.69 Å². The van der Waals surface area contributed by atoms with E-state index in [2.05, 4.69) is 5.32 Å². The number of anilines is 1. The van der Waals surface area contributed by atoms with Crippen molar-refractivity contribution in [3.63, 3.8) is 0 Å². The number of nitrogens with one attached hydrogen (secondary N) is 1. The van der Waals surface area contributed by atoms with E-state index in [0.717, 1.165) is 50.4 Å². The standard InChI is InChI=1S/C28H27NO4/c1-17-6-5-7-20(12-17)29-28(31)16-24-18(2)23(22-10-9-21(32-3)15-25(22)24)13-19-8-11-26(30)27(14-19)33-4/h5-15,30H,16H2,1-4H3,(H,29,31). The number of amides is 1. The number of methoxy groups -OCH3 is 2. The summed E-state index contributed by atoms with van der Waals surface area (Å²) in [7, 11) is 3.16. The van der Waals surface area contributed by atoms with E-state index in [0.29, 0.717) is 5.75 Å². The molecule has 0 saturated heterocycles. The van der Waals surface area contributed by atoms with Gasteiger partial charge in [-0.2, -0.15) is 0 Å². The lowest BCUT2D eigenvalue weighted by Gasteiger charge is -2.10. The second-order valence-electron chi connectivity index (χ2n) is 8.10. The average molecular weight is 442 g/mol. The molecule has 0 aliphatic heterocycles. The molecule has 0 bridgehead atoms. The van der Waals surface area contributed by atoms with Gasteiger partial charge in [-0.15, -0.1) is 0 Å². The molecule has 0 heterocycles. The number of ether oxygens (including phenoxy) is 2. The molecular formula is C28H27NO4. The molecule has 1 aliphatic carbocycles. The molecule has 1 aliphatic rings. The average Bonchev–Trinajstić information content (AvgIpc) is 3.05. The first-order chi connectivity index (χ1) is 15.9. The molecule has 3 aromatic carbocycles. The fourth-order valence-electron chi connectivity index (χ4n) is 4.15. The zero-order valence-corrected chi connectivity index (χ0v) is 19.2. The second-order valence-corrected chi connectivity index (χ2v) is 8.10. The molecular weight excluding hydrogens is 414 g/mol. The van der Waals surface area contributed by atoms with Crippen LogP contribution in [0.2, 0.25) is 0 Å². The molecule has 0 aromatic heterocycles. The first-order valence-electron chi connectivity index (χ1n) is 10.7. The number of allylic oxidation sites excluding steroid dienone is 2. The molecule has 1 amide bonds. The van der Waals surface area contributed by atoms with Crippen LogP contribution in [0.1, 0.15) is 35.6 Å². The molecule has 0 unspecified atom stereocenters. The third kappa shape index (κ3) is 4.62. The monoisotopic (exact) mass is 441 g/mol. The van der Waals surface area contributed by atoms with Gasteiger partial charge in [0.2, 0.25) is 5.91 Å². The summed E-state index contributed by atoms with van der Waals surface area (Å²) in [6.07, 6.45) is 2.30. The third-order valence-electron chi connectivity index (χ3n) is 5.85. The fourth-order valence-corrected chi connectivity index (χ4v) is 4.15. The second kappa shape index (κ2) is 9.25. The summed E-state index contributed by atoms with van der Waals surface area (Å²) in [4.78, 5) is 12.9. The summed E-state index contributed by atoms with van der Waals surface area (Å²) < 4.78 is 10.7. The lowest BCUT2D eigenvalue weighted by Crippen LogP contribution is -2.12. The van der Waals surface area contributed by atoms with Crippen molar-refractivity contribution in [3.05, 3.63) is 88.5 Å². The van der Waals surface area contributed by atoms with Gasteiger partial charge in [0.05, 0.1) is 20.6 Å². The van der Waals surface area contributed by atoms with Crippen molar-refractivity contribution in [2.45, 2.75) is 20.3 Å². The van der Waals surface area contributed by atoms with Crippen LogP contribution < -0.4 is 14.8 Å². The Hall–Kier alpha value is -3.99. The molecule has 0 radical (unpaired) electrons. The van der Waals surface area contributed by atoms with Gasteiger partial charge in [0, 0.05) is 5.69 Å². The van der Waals surface area contributed by atoms with Gasteiger partial charge in [-0.05, 0) is 95.3 Å². The van der Waals surface area contributed by atoms with Crippen LogP contribution in [0.3, 0.4) is 0 Å². The Morgan fingerprint density at radius 3 is 2.52 bits per heavy atom. The van der Waals surface area contributed by atoms with E-state index in [4.69, 9.17) is 9.47 Å². The Labute approximate surface area is 194 Å². The number of hydrogen-bond donors (Lipinski definition) is 2. The highest BCUT2D eigenvalue weighted by Gasteiger charge is 2.26. The quantitative estimate of drug-likeness (QED) is 0.487. The zero-order valence-electron chi connectivity index (χ0n) is 19.2. The van der Waals surface area contributed by atoms with Crippen LogP contribution in [-0.2, 0) is 4.79 Å². The molecule has 168 valence electrons. The molecule has 0 saturated carbocycles. The van der Waals surface area contributed by atoms with E-state index in [1.54, 1.807) is 19.2 Å². The maximum Gasteiger partial charge on any atom is 0.228 e. The van der Waals surface area contributed by atoms with Crippen LogP contribution in [0.25, 0.3) is 17.2 Å². The minimum absolute atomic E-state index is 0.0729. The number of phenols is 1. The minimum atomic E-state index is -0.0729. The number of carbonyl (C=O) groups excluding carboxylic acids is 1. The molecule has 3 aromatic rings. The van der Waals surface area contributed by atoms with Gasteiger partial charge in [-0.1, -0.05) is 24.3 Å². The SMILES string of the molecule is COc1ccc2c(c1)C(CC(=O)Nc1cccc(C)c1)=C(C)C2=Cc1ccc(O)c(OC)c1. The molecule has 0 fully saturated rings. The summed E-state index contributed by atoms with van der Waals surface area (Å²) >= 11 is 0. The van der Waals surface area contributed by atoms with Crippen LogP contribution in [0.5, 0.6) is 17.2 Å². The van der Waals surface area contributed by atoms with E-state index >= 15 is 0 Å². The molecule has 5 nitrogen and oxygen atoms in total. The van der Waals surface area contributed by atoms with Gasteiger partial charge >= 0.3 is 0 Å². The third-order valence-corrected chi connectivity index (χ3v) is 5.85. The first kappa shape index (κ1) is 22.2. The van der Waals surface area contributed by atoms with Crippen molar-refractivity contribution in [2.75, 3.05) is 19.5 Å². The van der Waals surface area contributed by atoms with Crippen LogP contribution in [0, 0.1) is 6.92 Å². The molecule has 5 heteroatoms. The van der Waals surface area contributed by atoms with Gasteiger partial charge in [-0.25, -0.2) is 0 Å². The van der Waals surface area contributed by atoms with E-state index in [9.17, 15) is 9.90 Å². The van der Waals surface area contributed by atoms with Crippen LogP contribution >= 0.6 is 0 Å². The largest absolute Gasteiger partial charge is 0.504 e. The number of aromatic hydroxyl groups is 1. The Kier molecular flexibility index (Phi) is 6.22. The topological polar surface area (TPSA) is 67.8 Å². The van der Waals surface area contributed by atoms with Gasteiger partial charge in [0.15, 0.2) is 11.5 Å². The van der Waals surface area contributed by atoms with Crippen molar-refractivity contribution in [1.82, 2.24) is 0 Å². The van der Waals surface area contributed by atoms with Crippen LogP contribution in [0.15, 0.2) is 66.2 Å². The smallest absolute Gasteiger partial charge is 0.228 e. The number of aryl methyl sites for hydroxylation is 1. The van der Waals surface area contributed by atoms with Crippen molar-refractivity contribution in [3.8, 4) is 17.2 Å². The first-order valence-corrected chi connectivity index (χ1v) is 10.7. The number of benzene rings is 3. The number of carbonyl (C=O) groups is 1. The number of hydrogen-bond acceptors (Lipinski definition) is 4. The predicted octanol–water partition coefficient (Wildman–Crippen LogP) is 6.07. The van der Waals surface area contributed by atoms with Crippen LogP contribution in [-0.4, -0.2) is 25.2 Å². The highest BCUT2D eigenvalue weighted by atomic mass is 16.5. The van der Waals surface area contributed by atoms with Gasteiger partial charge < -0.3 is 19.9 Å². The van der Waals surface area contributed by atoms with E-state index in [1.165, 1.54) is 7.11 Å². The number of rotatable bonds is 6. The Morgan fingerprint density at radius 1 is 0.970 bits per heavy atom. The van der Waals surface area contributed by atoms with Gasteiger partial charge in [0.1, 0.15) is 5.75 Å². The van der Waals surface area contributed by atoms with Gasteiger partial charge in [-0.3, -0.25) is 4.79 Å². The van der Waals surface area contributed by atoms with Crippen molar-refractivity contribution >= 4 is 28.8 Å². The fraction of sp³-hybridized carbons (Fsp3) is 0.179. The maximum absolute atomic E-state index is 12.9. The normalized spacial score (nSPS) is 13.8. The van der Waals surface area contributed by atoms with Gasteiger partial charge in [0.25, 0.3) is 0 Å². The summed E-state index contributed by atoms with van der Waals surface area (Å²) in [6.45, 7) is 4.03. The Balaban J connectivity index is 1.72. The zero-order chi connectivity index (χ0) is 23.5. The predicted molar refractivity (Wildman–Crippen MR) is 133 cm³/mol. The summed E-state index contributed by atoms with van der Waals surface area (Å²) in [5.74, 6) is 1.18. The number of phenolic OH excluding ortho intramolecular Hbond substituents is 1.